The molecule has 6 rings (SSSR count). The zero-order valence-electron chi connectivity index (χ0n) is 20.2. The van der Waals surface area contributed by atoms with Crippen LogP contribution in [0.25, 0.3) is 55.4 Å². The number of nitrogens with one attached hydrogen (secondary N) is 3. The van der Waals surface area contributed by atoms with Crippen molar-refractivity contribution in [2.45, 2.75) is 20.8 Å². The van der Waals surface area contributed by atoms with Crippen LogP contribution in [0.4, 0.5) is 5.69 Å². The Hall–Kier alpha value is -4.65. The van der Waals surface area contributed by atoms with Gasteiger partial charge in [0.15, 0.2) is 0 Å². The Bertz CT molecular complexity index is 1720. The van der Waals surface area contributed by atoms with Crippen molar-refractivity contribution in [1.29, 1.82) is 0 Å². The highest BCUT2D eigenvalue weighted by Crippen LogP contribution is 2.35. The van der Waals surface area contributed by atoms with Crippen LogP contribution in [-0.2, 0) is 4.79 Å². The molecule has 36 heavy (non-hydrogen) atoms. The molecule has 0 radical (unpaired) electrons. The maximum absolute atomic E-state index is 12.5. The molecule has 178 valence electrons. The fraction of sp³-hybridized carbons (Fsp3) is 0.138. The van der Waals surface area contributed by atoms with Gasteiger partial charge in [-0.05, 0) is 47.5 Å². The first-order valence-corrected chi connectivity index (χ1v) is 11.8. The SMILES string of the molecule is CC(C)(C)C(=O)Nc1cccc(-c2ccc3[nH]nc(-c4cc5c(-c6ccoc6)cncc5[nH]4)c3c2)c1. The summed E-state index contributed by atoms with van der Waals surface area (Å²) in [6, 6.07) is 18.1. The Morgan fingerprint density at radius 2 is 1.78 bits per heavy atom. The van der Waals surface area contributed by atoms with Crippen LogP contribution in [0.1, 0.15) is 20.8 Å². The maximum Gasteiger partial charge on any atom is 0.229 e. The van der Waals surface area contributed by atoms with E-state index in [0.29, 0.717) is 0 Å². The lowest BCUT2D eigenvalue weighted by Crippen LogP contribution is -2.27. The van der Waals surface area contributed by atoms with Crippen molar-refractivity contribution in [2.75, 3.05) is 5.32 Å². The normalized spacial score (nSPS) is 11.9. The molecular formula is C29H25N5O2. The number of aromatic amines is 2. The van der Waals surface area contributed by atoms with E-state index >= 15 is 0 Å². The van der Waals surface area contributed by atoms with Crippen LogP contribution < -0.4 is 5.32 Å². The molecule has 3 N–H and O–H groups in total. The molecule has 7 nitrogen and oxygen atoms in total. The van der Waals surface area contributed by atoms with E-state index in [0.717, 1.165) is 61.1 Å². The molecule has 0 atom stereocenters. The first kappa shape index (κ1) is 21.9. The zero-order valence-corrected chi connectivity index (χ0v) is 20.2. The van der Waals surface area contributed by atoms with Crippen molar-refractivity contribution in [3.05, 3.63) is 79.5 Å². The topological polar surface area (TPSA) is 99.6 Å². The summed E-state index contributed by atoms with van der Waals surface area (Å²) in [6.45, 7) is 5.70. The van der Waals surface area contributed by atoms with Crippen LogP contribution in [0.5, 0.6) is 0 Å². The number of anilines is 1. The molecule has 0 fully saturated rings. The second kappa shape index (κ2) is 8.23. The number of furan rings is 1. The predicted octanol–water partition coefficient (Wildman–Crippen LogP) is 7.02. The van der Waals surface area contributed by atoms with E-state index in [2.05, 4.69) is 43.7 Å². The number of carbonyl (C=O) groups excluding carboxylic acids is 1. The number of hydrogen-bond acceptors (Lipinski definition) is 4. The first-order chi connectivity index (χ1) is 17.4. The highest BCUT2D eigenvalue weighted by molar-refractivity contribution is 6.01. The number of carbonyl (C=O) groups is 1. The van der Waals surface area contributed by atoms with Gasteiger partial charge in [0.1, 0.15) is 5.69 Å². The predicted molar refractivity (Wildman–Crippen MR) is 142 cm³/mol. The second-order valence-electron chi connectivity index (χ2n) is 9.96. The van der Waals surface area contributed by atoms with Gasteiger partial charge in [0.05, 0.1) is 35.5 Å². The smallest absolute Gasteiger partial charge is 0.229 e. The minimum atomic E-state index is -0.465. The van der Waals surface area contributed by atoms with Gasteiger partial charge in [-0.2, -0.15) is 5.10 Å². The van der Waals surface area contributed by atoms with Gasteiger partial charge in [-0.1, -0.05) is 39.0 Å². The first-order valence-electron chi connectivity index (χ1n) is 11.8. The molecule has 6 aromatic rings. The van der Waals surface area contributed by atoms with Crippen molar-refractivity contribution < 1.29 is 9.21 Å². The zero-order chi connectivity index (χ0) is 24.9. The van der Waals surface area contributed by atoms with Gasteiger partial charge < -0.3 is 14.7 Å². The minimum Gasteiger partial charge on any atom is -0.472 e. The Morgan fingerprint density at radius 1 is 0.917 bits per heavy atom. The third kappa shape index (κ3) is 3.84. The van der Waals surface area contributed by atoms with Crippen LogP contribution in [0.3, 0.4) is 0 Å². The lowest BCUT2D eigenvalue weighted by Gasteiger charge is -2.18. The van der Waals surface area contributed by atoms with Crippen molar-refractivity contribution in [3.8, 4) is 33.6 Å². The summed E-state index contributed by atoms with van der Waals surface area (Å²) in [5, 5.41) is 12.8. The Balaban J connectivity index is 1.40. The van der Waals surface area contributed by atoms with Crippen LogP contribution >= 0.6 is 0 Å². The maximum atomic E-state index is 12.5. The van der Waals surface area contributed by atoms with Gasteiger partial charge in [0.2, 0.25) is 5.91 Å². The molecular weight excluding hydrogens is 450 g/mol. The number of pyridine rings is 1. The van der Waals surface area contributed by atoms with Gasteiger partial charge in [-0.15, -0.1) is 0 Å². The molecule has 0 bridgehead atoms. The monoisotopic (exact) mass is 475 g/mol. The number of amides is 1. The van der Waals surface area contributed by atoms with Crippen LogP contribution in [0.2, 0.25) is 0 Å². The summed E-state index contributed by atoms with van der Waals surface area (Å²) in [6.07, 6.45) is 7.04. The van der Waals surface area contributed by atoms with Gasteiger partial charge in [-0.3, -0.25) is 14.9 Å². The molecule has 0 aliphatic rings. The molecule has 1 amide bonds. The molecule has 0 saturated heterocycles. The fourth-order valence-electron chi connectivity index (χ4n) is 4.32. The average Bonchev–Trinajstić information content (AvgIpc) is 3.62. The average molecular weight is 476 g/mol. The molecule has 0 aliphatic heterocycles. The Labute approximate surface area is 207 Å². The molecule has 0 saturated carbocycles. The van der Waals surface area contributed by atoms with Gasteiger partial charge >= 0.3 is 0 Å². The molecule has 0 aliphatic carbocycles. The number of rotatable bonds is 4. The molecule has 0 unspecified atom stereocenters. The van der Waals surface area contributed by atoms with Gasteiger partial charge in [0.25, 0.3) is 0 Å². The second-order valence-corrected chi connectivity index (χ2v) is 9.96. The van der Waals surface area contributed by atoms with Gasteiger partial charge in [0, 0.05) is 39.2 Å². The summed E-state index contributed by atoms with van der Waals surface area (Å²) < 4.78 is 5.28. The van der Waals surface area contributed by atoms with Crippen molar-refractivity contribution in [2.24, 2.45) is 5.41 Å². The van der Waals surface area contributed by atoms with E-state index in [-0.39, 0.29) is 5.91 Å². The molecule has 7 heteroatoms. The van der Waals surface area contributed by atoms with Crippen LogP contribution in [0.15, 0.2) is 83.9 Å². The number of benzene rings is 2. The van der Waals surface area contributed by atoms with E-state index in [1.165, 1.54) is 0 Å². The van der Waals surface area contributed by atoms with E-state index in [4.69, 9.17) is 4.42 Å². The van der Waals surface area contributed by atoms with Gasteiger partial charge in [-0.25, -0.2) is 0 Å². The van der Waals surface area contributed by atoms with E-state index < -0.39 is 5.41 Å². The summed E-state index contributed by atoms with van der Waals surface area (Å²) in [4.78, 5) is 20.3. The summed E-state index contributed by atoms with van der Waals surface area (Å²) in [5.74, 6) is -0.0182. The van der Waals surface area contributed by atoms with E-state index in [9.17, 15) is 4.79 Å². The quantitative estimate of drug-likeness (QED) is 0.255. The lowest BCUT2D eigenvalue weighted by atomic mass is 9.95. The van der Waals surface area contributed by atoms with E-state index in [1.807, 2.05) is 69.6 Å². The number of aromatic nitrogens is 4. The number of H-pyrrole nitrogens is 2. The standard InChI is InChI=1S/C29H25N5O2/c1-29(2,3)28(35)31-20-6-4-5-17(11-20)18-7-8-24-22(12-18)27(34-33-24)25-13-21-23(19-9-10-36-16-19)14-30-15-26(21)32-25/h4-16,32H,1-3H3,(H,31,35)(H,33,34). The molecule has 4 aromatic heterocycles. The minimum absolute atomic E-state index is 0.0182. The van der Waals surface area contributed by atoms with Crippen molar-refractivity contribution >= 4 is 33.4 Å². The van der Waals surface area contributed by atoms with Crippen LogP contribution in [-0.4, -0.2) is 26.1 Å². The summed E-state index contributed by atoms with van der Waals surface area (Å²) in [5.41, 5.74) is 7.94. The fourth-order valence-corrected chi connectivity index (χ4v) is 4.32. The summed E-state index contributed by atoms with van der Waals surface area (Å²) >= 11 is 0. The Morgan fingerprint density at radius 3 is 2.58 bits per heavy atom. The highest BCUT2D eigenvalue weighted by Gasteiger charge is 2.21. The summed E-state index contributed by atoms with van der Waals surface area (Å²) in [7, 11) is 0. The third-order valence-corrected chi connectivity index (χ3v) is 6.33. The van der Waals surface area contributed by atoms with Crippen molar-refractivity contribution in [3.63, 3.8) is 0 Å². The van der Waals surface area contributed by atoms with Crippen molar-refractivity contribution in [1.82, 2.24) is 20.2 Å². The number of nitrogens with zero attached hydrogens (tertiary/aromatic N) is 2. The van der Waals surface area contributed by atoms with E-state index in [1.54, 1.807) is 12.5 Å². The highest BCUT2D eigenvalue weighted by atomic mass is 16.3. The number of hydrogen-bond donors (Lipinski definition) is 3. The number of fused-ring (bicyclic) bond motifs is 2. The third-order valence-electron chi connectivity index (χ3n) is 6.33. The largest absolute Gasteiger partial charge is 0.472 e. The molecule has 2 aromatic carbocycles. The molecule has 0 spiro atoms. The van der Waals surface area contributed by atoms with Crippen LogP contribution in [0, 0.1) is 5.41 Å². The molecule has 4 heterocycles. The lowest BCUT2D eigenvalue weighted by molar-refractivity contribution is -0.123. The Kier molecular flexibility index (Phi) is 5.00.